The van der Waals surface area contributed by atoms with E-state index in [1.807, 2.05) is 19.1 Å². The van der Waals surface area contributed by atoms with E-state index in [9.17, 15) is 4.79 Å². The maximum atomic E-state index is 11.6. The van der Waals surface area contributed by atoms with Crippen molar-refractivity contribution in [1.82, 2.24) is 4.98 Å². The fourth-order valence-electron chi connectivity index (χ4n) is 3.35. The Morgan fingerprint density at radius 2 is 1.75 bits per heavy atom. The molecule has 1 heterocycles. The van der Waals surface area contributed by atoms with Crippen LogP contribution in [0, 0.1) is 0 Å². The van der Waals surface area contributed by atoms with Crippen LogP contribution in [-0.2, 0) is 0 Å². The molecule has 3 nitrogen and oxygen atoms in total. The number of rotatable bonds is 5. The topological polar surface area (TPSA) is 39.2 Å². The number of pyridine rings is 1. The number of carbonyl (C=O) groups is 1. The maximum absolute atomic E-state index is 11.6. The van der Waals surface area contributed by atoms with Crippen molar-refractivity contribution in [1.29, 1.82) is 0 Å². The van der Waals surface area contributed by atoms with Crippen molar-refractivity contribution in [3.63, 3.8) is 0 Å². The van der Waals surface area contributed by atoms with E-state index in [1.54, 1.807) is 18.3 Å². The van der Waals surface area contributed by atoms with Gasteiger partial charge in [0.15, 0.2) is 5.78 Å². The van der Waals surface area contributed by atoms with Gasteiger partial charge in [0.25, 0.3) is 0 Å². The highest BCUT2D eigenvalue weighted by Crippen LogP contribution is 2.32. The lowest BCUT2D eigenvalue weighted by Gasteiger charge is -2.15. The predicted octanol–water partition coefficient (Wildman–Crippen LogP) is 5.90. The molecule has 1 aliphatic rings. The SMILES string of the molecule is CCC(=O)c1ccc(Oc2ccc(C3CCCCCC3)cc2)nc1. The van der Waals surface area contributed by atoms with Gasteiger partial charge in [-0.05, 0) is 42.5 Å². The average Bonchev–Trinajstić information content (AvgIpc) is 2.92. The van der Waals surface area contributed by atoms with E-state index < -0.39 is 0 Å². The third kappa shape index (κ3) is 4.22. The number of ether oxygens (including phenoxy) is 1. The summed E-state index contributed by atoms with van der Waals surface area (Å²) in [6.07, 6.45) is 10.1. The number of carbonyl (C=O) groups excluding carboxylic acids is 1. The largest absolute Gasteiger partial charge is 0.439 e. The normalized spacial score (nSPS) is 15.7. The van der Waals surface area contributed by atoms with Crippen LogP contribution in [0.4, 0.5) is 0 Å². The zero-order valence-corrected chi connectivity index (χ0v) is 14.3. The van der Waals surface area contributed by atoms with E-state index in [4.69, 9.17) is 4.74 Å². The number of nitrogens with zero attached hydrogens (tertiary/aromatic N) is 1. The lowest BCUT2D eigenvalue weighted by atomic mass is 9.92. The number of benzene rings is 1. The minimum atomic E-state index is 0.0989. The van der Waals surface area contributed by atoms with Crippen molar-refractivity contribution >= 4 is 5.78 Å². The van der Waals surface area contributed by atoms with Crippen LogP contribution in [-0.4, -0.2) is 10.8 Å². The summed E-state index contributed by atoms with van der Waals surface area (Å²) in [7, 11) is 0. The van der Waals surface area contributed by atoms with E-state index in [0.29, 0.717) is 23.8 Å². The lowest BCUT2D eigenvalue weighted by Crippen LogP contribution is -1.98. The van der Waals surface area contributed by atoms with Crippen LogP contribution < -0.4 is 4.74 Å². The molecule has 1 saturated carbocycles. The Bertz CT molecular complexity index is 653. The second-order valence-electron chi connectivity index (χ2n) is 6.52. The van der Waals surface area contributed by atoms with Gasteiger partial charge in [-0.1, -0.05) is 44.7 Å². The quantitative estimate of drug-likeness (QED) is 0.507. The molecule has 0 unspecified atom stereocenters. The number of hydrogen-bond donors (Lipinski definition) is 0. The summed E-state index contributed by atoms with van der Waals surface area (Å²) < 4.78 is 5.79. The molecule has 0 spiro atoms. The van der Waals surface area contributed by atoms with Gasteiger partial charge in [0.1, 0.15) is 5.75 Å². The predicted molar refractivity (Wildman–Crippen MR) is 95.8 cm³/mol. The minimum Gasteiger partial charge on any atom is -0.439 e. The zero-order valence-electron chi connectivity index (χ0n) is 14.3. The highest BCUT2D eigenvalue weighted by atomic mass is 16.5. The van der Waals surface area contributed by atoms with Crippen LogP contribution >= 0.6 is 0 Å². The summed E-state index contributed by atoms with van der Waals surface area (Å²) in [5, 5.41) is 0. The Hall–Kier alpha value is -2.16. The van der Waals surface area contributed by atoms with Crippen LogP contribution in [0.25, 0.3) is 0 Å². The lowest BCUT2D eigenvalue weighted by molar-refractivity contribution is 0.0988. The molecule has 1 aromatic carbocycles. The van der Waals surface area contributed by atoms with Gasteiger partial charge < -0.3 is 4.74 Å². The summed E-state index contributed by atoms with van der Waals surface area (Å²) in [5.74, 6) is 2.10. The molecule has 0 atom stereocenters. The molecule has 0 saturated heterocycles. The Balaban J connectivity index is 1.64. The van der Waals surface area contributed by atoms with Crippen molar-refractivity contribution in [2.75, 3.05) is 0 Å². The van der Waals surface area contributed by atoms with Crippen LogP contribution in [0.1, 0.15) is 73.7 Å². The molecule has 0 bridgehead atoms. The van der Waals surface area contributed by atoms with E-state index in [-0.39, 0.29) is 5.78 Å². The fourth-order valence-corrected chi connectivity index (χ4v) is 3.35. The molecule has 1 fully saturated rings. The van der Waals surface area contributed by atoms with Gasteiger partial charge >= 0.3 is 0 Å². The third-order valence-electron chi connectivity index (χ3n) is 4.81. The van der Waals surface area contributed by atoms with Crippen molar-refractivity contribution in [3.05, 3.63) is 53.7 Å². The molecule has 126 valence electrons. The van der Waals surface area contributed by atoms with Gasteiger partial charge in [0, 0.05) is 24.2 Å². The van der Waals surface area contributed by atoms with Gasteiger partial charge in [0.05, 0.1) is 0 Å². The van der Waals surface area contributed by atoms with Crippen LogP contribution in [0.5, 0.6) is 11.6 Å². The molecule has 1 aliphatic carbocycles. The number of hydrogen-bond acceptors (Lipinski definition) is 3. The van der Waals surface area contributed by atoms with Gasteiger partial charge in [0.2, 0.25) is 5.88 Å². The molecule has 0 N–H and O–H groups in total. The van der Waals surface area contributed by atoms with Crippen molar-refractivity contribution < 1.29 is 9.53 Å². The first-order valence-corrected chi connectivity index (χ1v) is 9.03. The summed E-state index contributed by atoms with van der Waals surface area (Å²) in [6.45, 7) is 1.85. The first-order valence-electron chi connectivity index (χ1n) is 9.03. The maximum Gasteiger partial charge on any atom is 0.219 e. The Labute approximate surface area is 144 Å². The van der Waals surface area contributed by atoms with Gasteiger partial charge in [-0.15, -0.1) is 0 Å². The van der Waals surface area contributed by atoms with Gasteiger partial charge in [-0.25, -0.2) is 4.98 Å². The molecule has 1 aromatic heterocycles. The molecular weight excluding hydrogens is 298 g/mol. The number of aromatic nitrogens is 1. The molecule has 0 aliphatic heterocycles. The highest BCUT2D eigenvalue weighted by molar-refractivity contribution is 5.95. The van der Waals surface area contributed by atoms with Crippen LogP contribution in [0.15, 0.2) is 42.6 Å². The molecule has 0 amide bonds. The van der Waals surface area contributed by atoms with Crippen molar-refractivity contribution in [2.24, 2.45) is 0 Å². The third-order valence-corrected chi connectivity index (χ3v) is 4.81. The minimum absolute atomic E-state index is 0.0989. The summed E-state index contributed by atoms with van der Waals surface area (Å²) in [4.78, 5) is 15.8. The van der Waals surface area contributed by atoms with Crippen LogP contribution in [0.2, 0.25) is 0 Å². The molecule has 3 heteroatoms. The molecule has 2 aromatic rings. The van der Waals surface area contributed by atoms with Gasteiger partial charge in [-0.2, -0.15) is 0 Å². The number of Topliss-reactive ketones (excluding diaryl/α,β-unsaturated/α-hetero) is 1. The fraction of sp³-hybridized carbons (Fsp3) is 0.429. The van der Waals surface area contributed by atoms with Crippen molar-refractivity contribution in [2.45, 2.75) is 57.8 Å². The monoisotopic (exact) mass is 323 g/mol. The van der Waals surface area contributed by atoms with E-state index in [2.05, 4.69) is 17.1 Å². The Morgan fingerprint density at radius 1 is 1.04 bits per heavy atom. The summed E-state index contributed by atoms with van der Waals surface area (Å²) >= 11 is 0. The van der Waals surface area contributed by atoms with E-state index >= 15 is 0 Å². The number of ketones is 1. The first kappa shape index (κ1) is 16.7. The van der Waals surface area contributed by atoms with E-state index in [0.717, 1.165) is 5.75 Å². The summed E-state index contributed by atoms with van der Waals surface area (Å²) in [6, 6.07) is 11.9. The first-order chi connectivity index (χ1) is 11.8. The van der Waals surface area contributed by atoms with E-state index in [1.165, 1.54) is 44.1 Å². The second-order valence-corrected chi connectivity index (χ2v) is 6.52. The average molecular weight is 323 g/mol. The van der Waals surface area contributed by atoms with Gasteiger partial charge in [-0.3, -0.25) is 4.79 Å². The molecule has 0 radical (unpaired) electrons. The molecule has 3 rings (SSSR count). The molecule has 24 heavy (non-hydrogen) atoms. The summed E-state index contributed by atoms with van der Waals surface area (Å²) in [5.41, 5.74) is 2.05. The smallest absolute Gasteiger partial charge is 0.219 e. The van der Waals surface area contributed by atoms with Crippen molar-refractivity contribution in [3.8, 4) is 11.6 Å². The van der Waals surface area contributed by atoms with Crippen LogP contribution in [0.3, 0.4) is 0 Å². The zero-order chi connectivity index (χ0) is 16.8. The second kappa shape index (κ2) is 8.09. The highest BCUT2D eigenvalue weighted by Gasteiger charge is 2.14. The molecular formula is C21H25NO2. The Morgan fingerprint density at radius 3 is 2.33 bits per heavy atom. The standard InChI is InChI=1S/C21H25NO2/c1-2-20(23)18-11-14-21(22-15-18)24-19-12-9-17(10-13-19)16-7-5-3-4-6-8-16/h9-16H,2-8H2,1H3. The Kier molecular flexibility index (Phi) is 5.63.